The third kappa shape index (κ3) is 3.43. The average molecular weight is 324 g/mol. The Morgan fingerprint density at radius 3 is 2.62 bits per heavy atom. The van der Waals surface area contributed by atoms with Gasteiger partial charge in [0.1, 0.15) is 5.75 Å². The number of carbonyl (C=O) groups excluding carboxylic acids is 1. The van der Waals surface area contributed by atoms with Gasteiger partial charge in [-0.15, -0.1) is 10.2 Å². The maximum absolute atomic E-state index is 12.2. The summed E-state index contributed by atoms with van der Waals surface area (Å²) in [5, 5.41) is 7.94. The Morgan fingerprint density at radius 2 is 1.88 bits per heavy atom. The molecular formula is C18H16N2O4. The van der Waals surface area contributed by atoms with Crippen LogP contribution in [0.4, 0.5) is 0 Å². The molecule has 3 aromatic rings. The lowest BCUT2D eigenvalue weighted by Crippen LogP contribution is -2.09. The molecule has 0 aliphatic carbocycles. The van der Waals surface area contributed by atoms with Gasteiger partial charge in [0.05, 0.1) is 12.7 Å². The van der Waals surface area contributed by atoms with Crippen LogP contribution in [0.15, 0.2) is 59.0 Å². The zero-order valence-electron chi connectivity index (χ0n) is 13.3. The first-order chi connectivity index (χ1) is 11.7. The van der Waals surface area contributed by atoms with E-state index in [-0.39, 0.29) is 5.89 Å². The topological polar surface area (TPSA) is 74.5 Å². The summed E-state index contributed by atoms with van der Waals surface area (Å²) in [5.41, 5.74) is 1.20. The molecule has 1 aromatic heterocycles. The Morgan fingerprint density at radius 1 is 1.08 bits per heavy atom. The van der Waals surface area contributed by atoms with Crippen LogP contribution in [0, 0.1) is 0 Å². The van der Waals surface area contributed by atoms with E-state index in [4.69, 9.17) is 13.9 Å². The Labute approximate surface area is 139 Å². The first-order valence-corrected chi connectivity index (χ1v) is 7.41. The van der Waals surface area contributed by atoms with E-state index in [2.05, 4.69) is 10.2 Å². The maximum Gasteiger partial charge on any atom is 0.339 e. The van der Waals surface area contributed by atoms with Crippen molar-refractivity contribution in [1.82, 2.24) is 10.2 Å². The largest absolute Gasteiger partial charge is 0.497 e. The second-order valence-electron chi connectivity index (χ2n) is 5.09. The minimum atomic E-state index is -0.659. The molecule has 0 aliphatic rings. The Bertz CT molecular complexity index is 830. The predicted molar refractivity (Wildman–Crippen MR) is 86.6 cm³/mol. The quantitative estimate of drug-likeness (QED) is 0.667. The van der Waals surface area contributed by atoms with Crippen molar-refractivity contribution in [2.45, 2.75) is 13.0 Å². The number of nitrogens with zero attached hydrogens (tertiary/aromatic N) is 2. The molecule has 0 N–H and O–H groups in total. The summed E-state index contributed by atoms with van der Waals surface area (Å²) in [6.07, 6.45) is -0.659. The summed E-state index contributed by atoms with van der Waals surface area (Å²) in [5.74, 6) is 0.724. The minimum Gasteiger partial charge on any atom is -0.497 e. The summed E-state index contributed by atoms with van der Waals surface area (Å²) in [7, 11) is 1.54. The van der Waals surface area contributed by atoms with E-state index in [1.807, 2.05) is 30.3 Å². The summed E-state index contributed by atoms with van der Waals surface area (Å²) in [4.78, 5) is 12.2. The number of hydrogen-bond donors (Lipinski definition) is 0. The van der Waals surface area contributed by atoms with E-state index in [0.29, 0.717) is 17.2 Å². The van der Waals surface area contributed by atoms with Gasteiger partial charge in [-0.25, -0.2) is 4.79 Å². The predicted octanol–water partition coefficient (Wildman–Crippen LogP) is 3.66. The fraction of sp³-hybridized carbons (Fsp3) is 0.167. The van der Waals surface area contributed by atoms with Gasteiger partial charge in [0.25, 0.3) is 5.89 Å². The molecule has 6 heteroatoms. The lowest BCUT2D eigenvalue weighted by Gasteiger charge is -2.10. The number of rotatable bonds is 5. The molecule has 6 nitrogen and oxygen atoms in total. The first-order valence-electron chi connectivity index (χ1n) is 7.41. The number of ether oxygens (including phenoxy) is 2. The highest BCUT2D eigenvalue weighted by Gasteiger charge is 2.20. The van der Waals surface area contributed by atoms with E-state index >= 15 is 0 Å². The van der Waals surface area contributed by atoms with Crippen molar-refractivity contribution in [3.8, 4) is 17.2 Å². The van der Waals surface area contributed by atoms with E-state index in [1.165, 1.54) is 7.11 Å². The van der Waals surface area contributed by atoms with Crippen LogP contribution in [-0.2, 0) is 4.74 Å². The third-order valence-corrected chi connectivity index (χ3v) is 3.40. The monoisotopic (exact) mass is 324 g/mol. The van der Waals surface area contributed by atoms with Gasteiger partial charge in [-0.1, -0.05) is 24.3 Å². The van der Waals surface area contributed by atoms with Crippen molar-refractivity contribution in [3.05, 3.63) is 66.1 Å². The van der Waals surface area contributed by atoms with Gasteiger partial charge in [0, 0.05) is 5.56 Å². The van der Waals surface area contributed by atoms with Gasteiger partial charge in [0.15, 0.2) is 6.10 Å². The molecular weight excluding hydrogens is 308 g/mol. The van der Waals surface area contributed by atoms with Crippen LogP contribution in [0.1, 0.15) is 29.3 Å². The number of aromatic nitrogens is 2. The molecule has 1 unspecified atom stereocenters. The summed E-state index contributed by atoms with van der Waals surface area (Å²) < 4.78 is 16.1. The smallest absolute Gasteiger partial charge is 0.339 e. The highest BCUT2D eigenvalue weighted by atomic mass is 16.6. The summed E-state index contributed by atoms with van der Waals surface area (Å²) >= 11 is 0. The molecule has 122 valence electrons. The lowest BCUT2D eigenvalue weighted by molar-refractivity contribution is 0.0279. The first kappa shape index (κ1) is 15.7. The van der Waals surface area contributed by atoms with Crippen LogP contribution in [0.25, 0.3) is 11.5 Å². The molecule has 3 rings (SSSR count). The Kier molecular flexibility index (Phi) is 4.56. The van der Waals surface area contributed by atoms with Gasteiger partial charge in [-0.05, 0) is 37.3 Å². The van der Waals surface area contributed by atoms with E-state index in [1.54, 1.807) is 31.2 Å². The number of esters is 1. The van der Waals surface area contributed by atoms with Gasteiger partial charge in [-0.3, -0.25) is 0 Å². The van der Waals surface area contributed by atoms with Crippen molar-refractivity contribution < 1.29 is 18.7 Å². The third-order valence-electron chi connectivity index (χ3n) is 3.40. The molecule has 0 aliphatic heterocycles. The van der Waals surface area contributed by atoms with Crippen molar-refractivity contribution in [3.63, 3.8) is 0 Å². The van der Waals surface area contributed by atoms with Crippen LogP contribution in [0.2, 0.25) is 0 Å². The zero-order chi connectivity index (χ0) is 16.9. The maximum atomic E-state index is 12.2. The van der Waals surface area contributed by atoms with Crippen LogP contribution in [0.3, 0.4) is 0 Å². The molecule has 1 heterocycles. The molecule has 0 spiro atoms. The van der Waals surface area contributed by atoms with E-state index in [9.17, 15) is 4.79 Å². The van der Waals surface area contributed by atoms with Crippen molar-refractivity contribution in [1.29, 1.82) is 0 Å². The molecule has 0 saturated heterocycles. The Balaban J connectivity index is 1.72. The normalized spacial score (nSPS) is 11.8. The van der Waals surface area contributed by atoms with Gasteiger partial charge in [0.2, 0.25) is 5.89 Å². The van der Waals surface area contributed by atoms with Crippen molar-refractivity contribution in [2.24, 2.45) is 0 Å². The fourth-order valence-electron chi connectivity index (χ4n) is 2.13. The highest BCUT2D eigenvalue weighted by Crippen LogP contribution is 2.23. The van der Waals surface area contributed by atoms with Crippen LogP contribution in [0.5, 0.6) is 5.75 Å². The highest BCUT2D eigenvalue weighted by molar-refractivity contribution is 5.89. The van der Waals surface area contributed by atoms with Gasteiger partial charge in [-0.2, -0.15) is 0 Å². The minimum absolute atomic E-state index is 0.241. The van der Waals surface area contributed by atoms with E-state index in [0.717, 1.165) is 5.56 Å². The van der Waals surface area contributed by atoms with Crippen molar-refractivity contribution in [2.75, 3.05) is 7.11 Å². The second-order valence-corrected chi connectivity index (χ2v) is 5.09. The second kappa shape index (κ2) is 6.95. The molecule has 0 bridgehead atoms. The summed E-state index contributed by atoms with van der Waals surface area (Å²) in [6.45, 7) is 1.68. The molecule has 1 atom stereocenters. The zero-order valence-corrected chi connectivity index (χ0v) is 13.3. The van der Waals surface area contributed by atoms with E-state index < -0.39 is 12.1 Å². The number of methoxy groups -OCH3 is 1. The average Bonchev–Trinajstić information content (AvgIpc) is 3.13. The van der Waals surface area contributed by atoms with Crippen molar-refractivity contribution >= 4 is 5.97 Å². The van der Waals surface area contributed by atoms with Crippen LogP contribution in [-0.4, -0.2) is 23.3 Å². The number of carbonyl (C=O) groups is 1. The molecule has 0 amide bonds. The number of hydrogen-bond acceptors (Lipinski definition) is 6. The molecule has 24 heavy (non-hydrogen) atoms. The Hall–Kier alpha value is -3.15. The number of benzene rings is 2. The molecule has 0 radical (unpaired) electrons. The fourth-order valence-corrected chi connectivity index (χ4v) is 2.13. The standard InChI is InChI=1S/C18H16N2O4/c1-12(23-18(21)14-9-6-10-15(11-14)22-2)16-19-20-17(24-16)13-7-4-3-5-8-13/h3-12H,1-2H3. The lowest BCUT2D eigenvalue weighted by atomic mass is 10.2. The van der Waals surface area contributed by atoms with Crippen LogP contribution >= 0.6 is 0 Å². The van der Waals surface area contributed by atoms with Crippen LogP contribution < -0.4 is 4.74 Å². The molecule has 2 aromatic carbocycles. The molecule has 0 fully saturated rings. The summed E-state index contributed by atoms with van der Waals surface area (Å²) in [6, 6.07) is 16.1. The van der Waals surface area contributed by atoms with Gasteiger partial charge < -0.3 is 13.9 Å². The van der Waals surface area contributed by atoms with Gasteiger partial charge >= 0.3 is 5.97 Å². The molecule has 0 saturated carbocycles. The SMILES string of the molecule is COc1cccc(C(=O)OC(C)c2nnc(-c3ccccc3)o2)c1.